The van der Waals surface area contributed by atoms with Gasteiger partial charge in [0.15, 0.2) is 5.96 Å². The van der Waals surface area contributed by atoms with Crippen LogP contribution in [0.15, 0.2) is 29.3 Å². The third-order valence-electron chi connectivity index (χ3n) is 6.54. The van der Waals surface area contributed by atoms with Crippen molar-refractivity contribution >= 4 is 11.8 Å². The molecule has 2 atom stereocenters. The molecule has 2 aliphatic rings. The SMILES string of the molecule is CN=C(NCCCc1nn(-c2ccc(F)cc2)c(N)c1C#N)N1CC2CCCCC2C1. The number of aryl methyl sites for hydroxylation is 1. The van der Waals surface area contributed by atoms with E-state index in [0.29, 0.717) is 23.4 Å². The van der Waals surface area contributed by atoms with E-state index in [-0.39, 0.29) is 11.6 Å². The molecule has 3 N–H and O–H groups in total. The maximum Gasteiger partial charge on any atom is 0.193 e. The maximum absolute atomic E-state index is 13.2. The van der Waals surface area contributed by atoms with Crippen molar-refractivity contribution in [2.45, 2.75) is 38.5 Å². The van der Waals surface area contributed by atoms with Gasteiger partial charge < -0.3 is 16.0 Å². The molecule has 1 saturated carbocycles. The van der Waals surface area contributed by atoms with Crippen LogP contribution in [-0.4, -0.2) is 47.3 Å². The summed E-state index contributed by atoms with van der Waals surface area (Å²) >= 11 is 0. The molecule has 1 aliphatic carbocycles. The number of benzene rings is 1. The van der Waals surface area contributed by atoms with Crippen LogP contribution in [-0.2, 0) is 6.42 Å². The quantitative estimate of drug-likeness (QED) is 0.438. The molecule has 1 aromatic carbocycles. The zero-order valence-corrected chi connectivity index (χ0v) is 18.0. The highest BCUT2D eigenvalue weighted by molar-refractivity contribution is 5.80. The Morgan fingerprint density at radius 1 is 1.26 bits per heavy atom. The Hall–Kier alpha value is -3.08. The Kier molecular flexibility index (Phi) is 6.40. The molecule has 7 nitrogen and oxygen atoms in total. The molecule has 2 aromatic rings. The van der Waals surface area contributed by atoms with Crippen LogP contribution in [0.3, 0.4) is 0 Å². The molecule has 1 aliphatic heterocycles. The van der Waals surface area contributed by atoms with E-state index in [1.54, 1.807) is 12.1 Å². The number of nitrogens with one attached hydrogen (secondary N) is 1. The summed E-state index contributed by atoms with van der Waals surface area (Å²) in [5.74, 6) is 2.54. The number of nitrogen functional groups attached to an aromatic ring is 1. The van der Waals surface area contributed by atoms with E-state index in [4.69, 9.17) is 5.73 Å². The molecule has 2 fully saturated rings. The van der Waals surface area contributed by atoms with E-state index < -0.39 is 0 Å². The molecule has 2 unspecified atom stereocenters. The first-order chi connectivity index (χ1) is 15.1. The van der Waals surface area contributed by atoms with Gasteiger partial charge in [-0.2, -0.15) is 10.4 Å². The largest absolute Gasteiger partial charge is 0.382 e. The van der Waals surface area contributed by atoms with Crippen LogP contribution in [0, 0.1) is 29.0 Å². The Balaban J connectivity index is 1.34. The number of guanidine groups is 1. The molecule has 0 bridgehead atoms. The Morgan fingerprint density at radius 3 is 2.55 bits per heavy atom. The van der Waals surface area contributed by atoms with E-state index in [1.807, 2.05) is 7.05 Å². The number of halogens is 1. The van der Waals surface area contributed by atoms with Gasteiger partial charge in [-0.3, -0.25) is 4.99 Å². The number of hydrogen-bond acceptors (Lipinski definition) is 4. The molecule has 0 amide bonds. The van der Waals surface area contributed by atoms with Gasteiger partial charge in [-0.1, -0.05) is 12.8 Å². The minimum Gasteiger partial charge on any atom is -0.382 e. The molecule has 164 valence electrons. The van der Waals surface area contributed by atoms with Crippen LogP contribution in [0.25, 0.3) is 5.69 Å². The highest BCUT2D eigenvalue weighted by Crippen LogP contribution is 2.35. The molecule has 0 radical (unpaired) electrons. The van der Waals surface area contributed by atoms with Gasteiger partial charge >= 0.3 is 0 Å². The number of fused-ring (bicyclic) bond motifs is 1. The highest BCUT2D eigenvalue weighted by Gasteiger charge is 2.35. The number of nitrogens with zero attached hydrogens (tertiary/aromatic N) is 5. The maximum atomic E-state index is 13.2. The van der Waals surface area contributed by atoms with Crippen LogP contribution >= 0.6 is 0 Å². The molecular formula is C23H30FN7. The number of aromatic nitrogens is 2. The van der Waals surface area contributed by atoms with Gasteiger partial charge in [0.1, 0.15) is 23.3 Å². The smallest absolute Gasteiger partial charge is 0.193 e. The first-order valence-corrected chi connectivity index (χ1v) is 11.1. The van der Waals surface area contributed by atoms with Crippen molar-refractivity contribution in [3.63, 3.8) is 0 Å². The Morgan fingerprint density at radius 2 is 1.94 bits per heavy atom. The molecule has 4 rings (SSSR count). The summed E-state index contributed by atoms with van der Waals surface area (Å²) in [6, 6.07) is 8.07. The van der Waals surface area contributed by atoms with Crippen molar-refractivity contribution in [3.05, 3.63) is 41.3 Å². The number of likely N-dealkylation sites (tertiary alicyclic amines) is 1. The number of anilines is 1. The van der Waals surface area contributed by atoms with Crippen LogP contribution in [0.5, 0.6) is 0 Å². The van der Waals surface area contributed by atoms with Gasteiger partial charge in [-0.25, -0.2) is 9.07 Å². The summed E-state index contributed by atoms with van der Waals surface area (Å²) in [5.41, 5.74) is 7.82. The topological polar surface area (TPSA) is 95.3 Å². The average molecular weight is 424 g/mol. The zero-order chi connectivity index (χ0) is 21.8. The van der Waals surface area contributed by atoms with Crippen LogP contribution < -0.4 is 11.1 Å². The van der Waals surface area contributed by atoms with Crippen LogP contribution in [0.1, 0.15) is 43.4 Å². The monoisotopic (exact) mass is 423 g/mol. The van der Waals surface area contributed by atoms with Crippen molar-refractivity contribution in [1.82, 2.24) is 20.0 Å². The number of hydrogen-bond donors (Lipinski definition) is 2. The first kappa shape index (κ1) is 21.2. The zero-order valence-electron chi connectivity index (χ0n) is 18.0. The lowest BCUT2D eigenvalue weighted by molar-refractivity contribution is 0.299. The fourth-order valence-corrected chi connectivity index (χ4v) is 4.92. The molecule has 31 heavy (non-hydrogen) atoms. The second-order valence-corrected chi connectivity index (χ2v) is 8.49. The van der Waals surface area contributed by atoms with Crippen LogP contribution in [0.2, 0.25) is 0 Å². The predicted octanol–water partition coefficient (Wildman–Crippen LogP) is 3.10. The van der Waals surface area contributed by atoms with Gasteiger partial charge in [0.2, 0.25) is 0 Å². The van der Waals surface area contributed by atoms with Gasteiger partial charge in [-0.05, 0) is 61.8 Å². The van der Waals surface area contributed by atoms with Crippen molar-refractivity contribution in [2.24, 2.45) is 16.8 Å². The van der Waals surface area contributed by atoms with E-state index in [2.05, 4.69) is 26.4 Å². The third kappa shape index (κ3) is 4.50. The van der Waals surface area contributed by atoms with E-state index in [9.17, 15) is 9.65 Å². The lowest BCUT2D eigenvalue weighted by Crippen LogP contribution is -2.40. The van der Waals surface area contributed by atoms with Crippen molar-refractivity contribution in [1.29, 1.82) is 5.26 Å². The summed E-state index contributed by atoms with van der Waals surface area (Å²) in [5, 5.41) is 17.5. The lowest BCUT2D eigenvalue weighted by Gasteiger charge is -2.22. The Labute approximate surface area is 182 Å². The van der Waals surface area contributed by atoms with Gasteiger partial charge in [0.25, 0.3) is 0 Å². The number of nitrogens with two attached hydrogens (primary N) is 1. The lowest BCUT2D eigenvalue weighted by atomic mass is 9.82. The van der Waals surface area contributed by atoms with Crippen molar-refractivity contribution < 1.29 is 4.39 Å². The fraction of sp³-hybridized carbons (Fsp3) is 0.522. The molecule has 1 aromatic heterocycles. The third-order valence-corrected chi connectivity index (χ3v) is 6.54. The van der Waals surface area contributed by atoms with Crippen molar-refractivity contribution in [3.8, 4) is 11.8 Å². The second-order valence-electron chi connectivity index (χ2n) is 8.49. The molecular weight excluding hydrogens is 393 g/mol. The molecule has 2 heterocycles. The number of rotatable bonds is 5. The molecule has 8 heteroatoms. The fourth-order valence-electron chi connectivity index (χ4n) is 4.92. The molecule has 1 saturated heterocycles. The summed E-state index contributed by atoms with van der Waals surface area (Å²) < 4.78 is 14.7. The normalized spacial score (nSPS) is 21.1. The number of nitriles is 1. The van der Waals surface area contributed by atoms with E-state index in [0.717, 1.165) is 43.9 Å². The second kappa shape index (κ2) is 9.38. The molecule has 0 spiro atoms. The summed E-state index contributed by atoms with van der Waals surface area (Å²) in [7, 11) is 1.84. The summed E-state index contributed by atoms with van der Waals surface area (Å²) in [4.78, 5) is 6.87. The average Bonchev–Trinajstić information content (AvgIpc) is 3.35. The standard InChI is InChI=1S/C23H30FN7/c1-27-23(30-14-16-5-2-3-6-17(16)15-30)28-12-4-7-21-20(13-25)22(26)31(29-21)19-10-8-18(24)9-11-19/h8-11,16-17H,2-7,12,14-15,26H2,1H3,(H,27,28). The van der Waals surface area contributed by atoms with E-state index >= 15 is 0 Å². The summed E-state index contributed by atoms with van der Waals surface area (Å²) in [6.45, 7) is 2.94. The van der Waals surface area contributed by atoms with Gasteiger partial charge in [-0.15, -0.1) is 0 Å². The van der Waals surface area contributed by atoms with Gasteiger partial charge in [0, 0.05) is 26.7 Å². The first-order valence-electron chi connectivity index (χ1n) is 11.1. The van der Waals surface area contributed by atoms with Crippen LogP contribution in [0.4, 0.5) is 10.2 Å². The van der Waals surface area contributed by atoms with E-state index in [1.165, 1.54) is 42.5 Å². The summed E-state index contributed by atoms with van der Waals surface area (Å²) in [6.07, 6.45) is 6.82. The predicted molar refractivity (Wildman–Crippen MR) is 119 cm³/mol. The minimum absolute atomic E-state index is 0.285. The Bertz CT molecular complexity index is 959. The van der Waals surface area contributed by atoms with Crippen molar-refractivity contribution in [2.75, 3.05) is 32.4 Å². The minimum atomic E-state index is -0.327. The highest BCUT2D eigenvalue weighted by atomic mass is 19.1. The number of aliphatic imine (C=N–C) groups is 1. The van der Waals surface area contributed by atoms with Gasteiger partial charge in [0.05, 0.1) is 11.4 Å².